The first-order valence-corrected chi connectivity index (χ1v) is 6.63. The molecule has 0 saturated carbocycles. The summed E-state index contributed by atoms with van der Waals surface area (Å²) in [7, 11) is 0. The standard InChI is InChI=1S/C16H12F4O3/c1-2-9(15(21)22)7-11-4-6-14(23-11)10-3-5-13(17)12(8-10)16(18,19)20/h3-8H,2H2,1H3,(H,21,22). The molecule has 1 aromatic heterocycles. The fraction of sp³-hybridized carbons (Fsp3) is 0.188. The first-order valence-electron chi connectivity index (χ1n) is 6.63. The van der Waals surface area contributed by atoms with Gasteiger partial charge in [-0.15, -0.1) is 0 Å². The second kappa shape index (κ2) is 6.28. The van der Waals surface area contributed by atoms with E-state index in [-0.39, 0.29) is 29.1 Å². The van der Waals surface area contributed by atoms with Crippen molar-refractivity contribution in [3.63, 3.8) is 0 Å². The highest BCUT2D eigenvalue weighted by molar-refractivity contribution is 5.91. The van der Waals surface area contributed by atoms with Crippen LogP contribution in [0.4, 0.5) is 17.6 Å². The maximum atomic E-state index is 13.3. The second-order valence-corrected chi connectivity index (χ2v) is 4.72. The summed E-state index contributed by atoms with van der Waals surface area (Å²) in [6, 6.07) is 5.36. The van der Waals surface area contributed by atoms with E-state index in [0.29, 0.717) is 12.1 Å². The van der Waals surface area contributed by atoms with E-state index in [2.05, 4.69) is 0 Å². The lowest BCUT2D eigenvalue weighted by atomic mass is 10.1. The van der Waals surface area contributed by atoms with E-state index in [1.54, 1.807) is 6.92 Å². The predicted molar refractivity (Wildman–Crippen MR) is 75.0 cm³/mol. The van der Waals surface area contributed by atoms with Gasteiger partial charge in [0.2, 0.25) is 0 Å². The van der Waals surface area contributed by atoms with Crippen molar-refractivity contribution < 1.29 is 31.9 Å². The minimum atomic E-state index is -4.81. The lowest BCUT2D eigenvalue weighted by Gasteiger charge is -2.09. The van der Waals surface area contributed by atoms with Crippen LogP contribution in [0.5, 0.6) is 0 Å². The number of aliphatic carboxylic acids is 1. The lowest BCUT2D eigenvalue weighted by Crippen LogP contribution is -2.08. The smallest absolute Gasteiger partial charge is 0.419 e. The topological polar surface area (TPSA) is 50.4 Å². The molecule has 7 heteroatoms. The molecule has 122 valence electrons. The number of carbonyl (C=O) groups is 1. The van der Waals surface area contributed by atoms with Crippen molar-refractivity contribution >= 4 is 12.0 Å². The third kappa shape index (κ3) is 3.80. The van der Waals surface area contributed by atoms with Gasteiger partial charge in [0, 0.05) is 11.1 Å². The Bertz CT molecular complexity index is 757. The highest BCUT2D eigenvalue weighted by Gasteiger charge is 2.34. The van der Waals surface area contributed by atoms with E-state index in [1.165, 1.54) is 18.2 Å². The normalized spacial score (nSPS) is 12.5. The van der Waals surface area contributed by atoms with Gasteiger partial charge < -0.3 is 9.52 Å². The molecule has 3 nitrogen and oxygen atoms in total. The Morgan fingerprint density at radius 3 is 2.52 bits per heavy atom. The minimum Gasteiger partial charge on any atom is -0.478 e. The number of halogens is 4. The van der Waals surface area contributed by atoms with Crippen molar-refractivity contribution in [3.8, 4) is 11.3 Å². The number of furan rings is 1. The molecule has 2 rings (SSSR count). The van der Waals surface area contributed by atoms with Crippen molar-refractivity contribution in [1.29, 1.82) is 0 Å². The molecule has 0 amide bonds. The largest absolute Gasteiger partial charge is 0.478 e. The van der Waals surface area contributed by atoms with Crippen LogP contribution in [0.1, 0.15) is 24.7 Å². The quantitative estimate of drug-likeness (QED) is 0.636. The molecule has 0 aliphatic carbocycles. The van der Waals surface area contributed by atoms with Crippen LogP contribution in [0, 0.1) is 5.82 Å². The number of rotatable bonds is 4. The molecule has 1 heterocycles. The number of hydrogen-bond acceptors (Lipinski definition) is 2. The van der Waals surface area contributed by atoms with Gasteiger partial charge in [0.1, 0.15) is 17.3 Å². The van der Waals surface area contributed by atoms with Gasteiger partial charge in [-0.1, -0.05) is 6.92 Å². The molecule has 0 aliphatic rings. The number of carboxylic acid groups (broad SMARTS) is 1. The maximum Gasteiger partial charge on any atom is 0.419 e. The van der Waals surface area contributed by atoms with Gasteiger partial charge in [-0.2, -0.15) is 13.2 Å². The van der Waals surface area contributed by atoms with Crippen molar-refractivity contribution in [2.75, 3.05) is 0 Å². The Morgan fingerprint density at radius 1 is 1.26 bits per heavy atom. The second-order valence-electron chi connectivity index (χ2n) is 4.72. The molecule has 23 heavy (non-hydrogen) atoms. The van der Waals surface area contributed by atoms with Gasteiger partial charge in [0.05, 0.1) is 5.56 Å². The summed E-state index contributed by atoms with van der Waals surface area (Å²) >= 11 is 0. The van der Waals surface area contributed by atoms with Gasteiger partial charge in [0.25, 0.3) is 0 Å². The van der Waals surface area contributed by atoms with Crippen LogP contribution < -0.4 is 0 Å². The summed E-state index contributed by atoms with van der Waals surface area (Å²) in [6.07, 6.45) is -3.26. The zero-order valence-electron chi connectivity index (χ0n) is 11.9. The Morgan fingerprint density at radius 2 is 1.96 bits per heavy atom. The lowest BCUT2D eigenvalue weighted by molar-refractivity contribution is -0.140. The summed E-state index contributed by atoms with van der Waals surface area (Å²) in [6.45, 7) is 1.65. The first-order chi connectivity index (χ1) is 10.7. The summed E-state index contributed by atoms with van der Waals surface area (Å²) in [4.78, 5) is 10.9. The third-order valence-corrected chi connectivity index (χ3v) is 3.16. The Labute approximate surface area is 128 Å². The van der Waals surface area contributed by atoms with E-state index >= 15 is 0 Å². The van der Waals surface area contributed by atoms with Gasteiger partial charge in [-0.05, 0) is 42.8 Å². The van der Waals surface area contributed by atoms with Crippen LogP contribution in [-0.2, 0) is 11.0 Å². The minimum absolute atomic E-state index is 0.0479. The van der Waals surface area contributed by atoms with Crippen LogP contribution in [0.2, 0.25) is 0 Å². The predicted octanol–water partition coefficient (Wildman–Crippen LogP) is 4.98. The Balaban J connectivity index is 2.40. The van der Waals surface area contributed by atoms with Crippen molar-refractivity contribution in [2.24, 2.45) is 0 Å². The highest BCUT2D eigenvalue weighted by Crippen LogP contribution is 2.34. The number of benzene rings is 1. The monoisotopic (exact) mass is 328 g/mol. The molecule has 0 fully saturated rings. The zero-order chi connectivity index (χ0) is 17.2. The molecule has 0 saturated heterocycles. The average Bonchev–Trinajstić information content (AvgIpc) is 2.92. The van der Waals surface area contributed by atoms with Gasteiger partial charge in [0.15, 0.2) is 0 Å². The van der Waals surface area contributed by atoms with E-state index in [1.807, 2.05) is 0 Å². The van der Waals surface area contributed by atoms with Crippen LogP contribution >= 0.6 is 0 Å². The third-order valence-electron chi connectivity index (χ3n) is 3.16. The van der Waals surface area contributed by atoms with Crippen molar-refractivity contribution in [2.45, 2.75) is 19.5 Å². The van der Waals surface area contributed by atoms with Gasteiger partial charge in [-0.25, -0.2) is 9.18 Å². The molecule has 0 aliphatic heterocycles. The molecule has 0 unspecified atom stereocenters. The van der Waals surface area contributed by atoms with Crippen LogP contribution in [-0.4, -0.2) is 11.1 Å². The summed E-state index contributed by atoms with van der Waals surface area (Å²) in [5, 5.41) is 8.94. The molecule has 0 bridgehead atoms. The van der Waals surface area contributed by atoms with Crippen LogP contribution in [0.15, 0.2) is 40.3 Å². The number of hydrogen-bond donors (Lipinski definition) is 1. The van der Waals surface area contributed by atoms with E-state index in [4.69, 9.17) is 9.52 Å². The molecule has 1 aromatic carbocycles. The van der Waals surface area contributed by atoms with E-state index < -0.39 is 23.5 Å². The molecule has 1 N–H and O–H groups in total. The highest BCUT2D eigenvalue weighted by atomic mass is 19.4. The molecular formula is C16H12F4O3. The van der Waals surface area contributed by atoms with Gasteiger partial charge in [-0.3, -0.25) is 0 Å². The van der Waals surface area contributed by atoms with Crippen molar-refractivity contribution in [3.05, 3.63) is 53.0 Å². The Kier molecular flexibility index (Phi) is 4.58. The fourth-order valence-corrected chi connectivity index (χ4v) is 1.97. The van der Waals surface area contributed by atoms with Gasteiger partial charge >= 0.3 is 12.1 Å². The summed E-state index contributed by atoms with van der Waals surface area (Å²) < 4.78 is 56.7. The molecule has 0 atom stereocenters. The molecule has 2 aromatic rings. The first kappa shape index (κ1) is 16.8. The average molecular weight is 328 g/mol. The van der Waals surface area contributed by atoms with E-state index in [9.17, 15) is 22.4 Å². The van der Waals surface area contributed by atoms with Crippen molar-refractivity contribution in [1.82, 2.24) is 0 Å². The summed E-state index contributed by atoms with van der Waals surface area (Å²) in [5.41, 5.74) is -1.24. The maximum absolute atomic E-state index is 13.3. The molecule has 0 spiro atoms. The zero-order valence-corrected chi connectivity index (χ0v) is 11.9. The SMILES string of the molecule is CCC(=Cc1ccc(-c2ccc(F)c(C(F)(F)F)c2)o1)C(=O)O. The molecular weight excluding hydrogens is 316 g/mol. The number of alkyl halides is 3. The van der Waals surface area contributed by atoms with Crippen LogP contribution in [0.3, 0.4) is 0 Å². The fourth-order valence-electron chi connectivity index (χ4n) is 1.97. The summed E-state index contributed by atoms with van der Waals surface area (Å²) in [5.74, 6) is -2.20. The Hall–Kier alpha value is -2.57. The number of carboxylic acids is 1. The van der Waals surface area contributed by atoms with E-state index in [0.717, 1.165) is 6.07 Å². The van der Waals surface area contributed by atoms with Crippen LogP contribution in [0.25, 0.3) is 17.4 Å². The molecule has 0 radical (unpaired) electrons.